The first kappa shape index (κ1) is 21.9. The normalized spacial score (nSPS) is 10.4. The molecule has 2 N–H and O–H groups in total. The van der Waals surface area contributed by atoms with Crippen LogP contribution in [0.4, 0.5) is 11.4 Å². The number of unbranched alkanes of at least 4 members (excludes halogenated alkanes) is 1. The molecule has 31 heavy (non-hydrogen) atoms. The Morgan fingerprint density at radius 3 is 2.74 bits per heavy atom. The minimum atomic E-state index is -0.414. The Morgan fingerprint density at radius 2 is 2.00 bits per heavy atom. The van der Waals surface area contributed by atoms with Gasteiger partial charge in [0.2, 0.25) is 5.91 Å². The maximum Gasteiger partial charge on any atom is 0.243 e. The van der Waals surface area contributed by atoms with E-state index in [2.05, 4.69) is 11.1 Å². The molecule has 3 rings (SSSR count). The number of hydrogen-bond acceptors (Lipinski definition) is 7. The van der Waals surface area contributed by atoms with Crippen LogP contribution in [0.3, 0.4) is 0 Å². The van der Waals surface area contributed by atoms with E-state index in [1.807, 2.05) is 54.4 Å². The highest BCUT2D eigenvalue weighted by Gasteiger charge is 2.14. The van der Waals surface area contributed by atoms with Gasteiger partial charge in [-0.3, -0.25) is 10.0 Å². The average molecular weight is 420 g/mol. The molecule has 0 atom stereocenters. The first-order valence-corrected chi connectivity index (χ1v) is 9.84. The van der Waals surface area contributed by atoms with Crippen LogP contribution in [0.25, 0.3) is 10.9 Å². The maximum atomic E-state index is 11.1. The molecule has 1 heterocycles. The predicted molar refractivity (Wildman–Crippen MR) is 117 cm³/mol. The van der Waals surface area contributed by atoms with Gasteiger partial charge in [-0.2, -0.15) is 5.26 Å². The summed E-state index contributed by atoms with van der Waals surface area (Å²) in [4.78, 5) is 17.4. The minimum absolute atomic E-state index is 0.232. The van der Waals surface area contributed by atoms with E-state index in [4.69, 9.17) is 14.7 Å². The van der Waals surface area contributed by atoms with Gasteiger partial charge in [0.25, 0.3) is 0 Å². The number of methoxy groups -OCH3 is 1. The highest BCUT2D eigenvalue weighted by molar-refractivity contribution is 5.94. The molecule has 0 bridgehead atoms. The number of hydroxylamine groups is 1. The van der Waals surface area contributed by atoms with Gasteiger partial charge in [-0.25, -0.2) is 10.5 Å². The van der Waals surface area contributed by atoms with Gasteiger partial charge in [0.05, 0.1) is 24.9 Å². The summed E-state index contributed by atoms with van der Waals surface area (Å²) < 4.78 is 11.3. The Hall–Kier alpha value is -3.83. The number of fused-ring (bicyclic) bond motifs is 1. The van der Waals surface area contributed by atoms with Gasteiger partial charge in [0, 0.05) is 30.6 Å². The van der Waals surface area contributed by atoms with Crippen LogP contribution in [0.2, 0.25) is 0 Å². The van der Waals surface area contributed by atoms with E-state index >= 15 is 0 Å². The van der Waals surface area contributed by atoms with E-state index in [1.165, 1.54) is 0 Å². The van der Waals surface area contributed by atoms with Crippen LogP contribution in [0.1, 0.15) is 25.0 Å². The molecule has 2 aromatic carbocycles. The van der Waals surface area contributed by atoms with Gasteiger partial charge in [0.15, 0.2) is 11.5 Å². The second kappa shape index (κ2) is 10.3. The van der Waals surface area contributed by atoms with Gasteiger partial charge in [-0.05, 0) is 37.1 Å². The topological polar surface area (TPSA) is 108 Å². The van der Waals surface area contributed by atoms with E-state index in [0.29, 0.717) is 36.6 Å². The molecule has 8 nitrogen and oxygen atoms in total. The smallest absolute Gasteiger partial charge is 0.243 e. The summed E-state index contributed by atoms with van der Waals surface area (Å²) in [6.45, 7) is 0.402. The van der Waals surface area contributed by atoms with Crippen LogP contribution in [0.15, 0.2) is 48.5 Å². The van der Waals surface area contributed by atoms with Gasteiger partial charge in [-0.15, -0.1) is 0 Å². The second-order valence-electron chi connectivity index (χ2n) is 6.89. The van der Waals surface area contributed by atoms with Crippen LogP contribution >= 0.6 is 0 Å². The molecule has 0 spiro atoms. The second-order valence-corrected chi connectivity index (χ2v) is 6.89. The number of nitriles is 1. The van der Waals surface area contributed by atoms with E-state index in [1.54, 1.807) is 18.7 Å². The number of para-hydroxylation sites is 1. The van der Waals surface area contributed by atoms with Crippen molar-refractivity contribution in [3.05, 3.63) is 54.2 Å². The quantitative estimate of drug-likeness (QED) is 0.307. The summed E-state index contributed by atoms with van der Waals surface area (Å²) in [6.07, 6.45) is 1.47. The maximum absolute atomic E-state index is 11.1. The fourth-order valence-electron chi connectivity index (χ4n) is 3.24. The lowest BCUT2D eigenvalue weighted by atomic mass is 10.1. The summed E-state index contributed by atoms with van der Waals surface area (Å²) in [7, 11) is 3.49. The first-order valence-electron chi connectivity index (χ1n) is 9.84. The molecule has 3 aromatic rings. The molecule has 8 heteroatoms. The SMILES string of the molecule is COc1ccc(N(C)c2cc(C#N)nc3ccccc23)cc1OCCCCC(=O)NO. The number of rotatable bonds is 9. The number of anilines is 2. The molecule has 1 amide bonds. The molecule has 0 fully saturated rings. The summed E-state index contributed by atoms with van der Waals surface area (Å²) in [5.41, 5.74) is 4.43. The first-order chi connectivity index (χ1) is 15.1. The highest BCUT2D eigenvalue weighted by Crippen LogP contribution is 2.36. The fraction of sp³-hybridized carbons (Fsp3) is 0.261. The molecule has 0 unspecified atom stereocenters. The number of nitrogens with one attached hydrogen (secondary N) is 1. The number of carbonyl (C=O) groups is 1. The number of aromatic nitrogens is 1. The number of ether oxygens (including phenoxy) is 2. The van der Waals surface area contributed by atoms with Crippen molar-refractivity contribution in [1.82, 2.24) is 10.5 Å². The Labute approximate surface area is 180 Å². The molecule has 1 aromatic heterocycles. The third-order valence-electron chi connectivity index (χ3n) is 4.89. The van der Waals surface area contributed by atoms with Crippen LogP contribution < -0.4 is 19.9 Å². The molecular weight excluding hydrogens is 396 g/mol. The number of hydrogen-bond donors (Lipinski definition) is 2. The van der Waals surface area contributed by atoms with Crippen LogP contribution in [-0.2, 0) is 4.79 Å². The molecule has 0 saturated carbocycles. The van der Waals surface area contributed by atoms with Gasteiger partial charge in [-0.1, -0.05) is 18.2 Å². The van der Waals surface area contributed by atoms with Crippen LogP contribution in [0, 0.1) is 11.3 Å². The Kier molecular flexibility index (Phi) is 7.25. The van der Waals surface area contributed by atoms with Crippen LogP contribution in [-0.4, -0.2) is 36.9 Å². The van der Waals surface area contributed by atoms with Crippen LogP contribution in [0.5, 0.6) is 11.5 Å². The van der Waals surface area contributed by atoms with E-state index in [0.717, 1.165) is 22.3 Å². The van der Waals surface area contributed by atoms with E-state index in [9.17, 15) is 10.1 Å². The minimum Gasteiger partial charge on any atom is -0.493 e. The summed E-state index contributed by atoms with van der Waals surface area (Å²) in [5.74, 6) is 0.766. The van der Waals surface area contributed by atoms with Gasteiger partial charge >= 0.3 is 0 Å². The van der Waals surface area contributed by atoms with E-state index < -0.39 is 5.91 Å². The number of benzene rings is 2. The summed E-state index contributed by atoms with van der Waals surface area (Å²) in [5, 5.41) is 18.8. The highest BCUT2D eigenvalue weighted by atomic mass is 16.5. The predicted octanol–water partition coefficient (Wildman–Crippen LogP) is 3.94. The average Bonchev–Trinajstić information content (AvgIpc) is 2.82. The summed E-state index contributed by atoms with van der Waals surface area (Å²) >= 11 is 0. The fourth-order valence-corrected chi connectivity index (χ4v) is 3.24. The van der Waals surface area contributed by atoms with Crippen molar-refractivity contribution in [1.29, 1.82) is 5.26 Å². The van der Waals surface area contributed by atoms with Crippen molar-refractivity contribution in [2.24, 2.45) is 0 Å². The zero-order valence-electron chi connectivity index (χ0n) is 17.5. The van der Waals surface area contributed by atoms with Crippen molar-refractivity contribution in [2.75, 3.05) is 25.7 Å². The molecule has 0 aliphatic rings. The molecular formula is C23H24N4O4. The van der Waals surface area contributed by atoms with Crippen molar-refractivity contribution in [2.45, 2.75) is 19.3 Å². The zero-order valence-corrected chi connectivity index (χ0v) is 17.5. The number of nitrogens with zero attached hydrogens (tertiary/aromatic N) is 3. The molecule has 0 radical (unpaired) electrons. The molecule has 0 aliphatic carbocycles. The lowest BCUT2D eigenvalue weighted by Gasteiger charge is -2.23. The number of amides is 1. The zero-order chi connectivity index (χ0) is 22.2. The molecule has 0 aliphatic heterocycles. The number of pyridine rings is 1. The lowest BCUT2D eigenvalue weighted by molar-refractivity contribution is -0.129. The van der Waals surface area contributed by atoms with Crippen molar-refractivity contribution in [3.63, 3.8) is 0 Å². The molecule has 160 valence electrons. The van der Waals surface area contributed by atoms with Crippen molar-refractivity contribution in [3.8, 4) is 17.6 Å². The largest absolute Gasteiger partial charge is 0.493 e. The third-order valence-corrected chi connectivity index (χ3v) is 4.89. The summed E-state index contributed by atoms with van der Waals surface area (Å²) in [6, 6.07) is 17.2. The number of carbonyl (C=O) groups excluding carboxylic acids is 1. The van der Waals surface area contributed by atoms with Gasteiger partial charge < -0.3 is 14.4 Å². The Balaban J connectivity index is 1.83. The molecule has 0 saturated heterocycles. The third kappa shape index (κ3) is 5.21. The van der Waals surface area contributed by atoms with E-state index in [-0.39, 0.29) is 6.42 Å². The Morgan fingerprint density at radius 1 is 1.19 bits per heavy atom. The van der Waals surface area contributed by atoms with Gasteiger partial charge in [0.1, 0.15) is 11.8 Å². The standard InChI is InChI=1S/C23H24N4O4/c1-27(20-13-16(15-24)25-19-8-4-3-7-18(19)20)17-10-11-21(30-2)22(14-17)31-12-6-5-9-23(28)26-29/h3-4,7-8,10-11,13-14,29H,5-6,9,12H2,1-2H3,(H,26,28). The Bertz CT molecular complexity index is 1110. The lowest BCUT2D eigenvalue weighted by Crippen LogP contribution is -2.18. The van der Waals surface area contributed by atoms with Crippen molar-refractivity contribution < 1.29 is 19.5 Å². The monoisotopic (exact) mass is 420 g/mol. The van der Waals surface area contributed by atoms with Crippen molar-refractivity contribution >= 4 is 28.2 Å².